The van der Waals surface area contributed by atoms with Crippen molar-refractivity contribution in [3.05, 3.63) is 29.8 Å². The molecule has 0 heterocycles. The average Bonchev–Trinajstić information content (AvgIpc) is 2.22. The summed E-state index contributed by atoms with van der Waals surface area (Å²) in [5.41, 5.74) is 1.36. The normalized spacial score (nSPS) is 12.8. The Kier molecular flexibility index (Phi) is 3.91. The molecule has 0 bridgehead atoms. The van der Waals surface area contributed by atoms with E-state index in [-0.39, 0.29) is 6.42 Å². The molecule has 0 spiro atoms. The molecule has 0 aliphatic carbocycles. The van der Waals surface area contributed by atoms with Crippen molar-refractivity contribution in [1.29, 1.82) is 5.26 Å². The summed E-state index contributed by atoms with van der Waals surface area (Å²) in [4.78, 5) is 0. The third-order valence-electron chi connectivity index (χ3n) is 2.29. The molecule has 0 amide bonds. The van der Waals surface area contributed by atoms with E-state index in [9.17, 15) is 8.42 Å². The standard InChI is InChI=1S/C11H14N2O2S/c1-3-10(8-12)16(14,15)13-11-7-5-4-6-9(11)2/h4-7,10,13H,3H2,1-2H3. The number of nitriles is 1. The van der Waals surface area contributed by atoms with E-state index in [0.717, 1.165) is 5.56 Å². The molecule has 0 fully saturated rings. The minimum absolute atomic E-state index is 0.276. The minimum Gasteiger partial charge on any atom is -0.282 e. The maximum atomic E-state index is 11.8. The lowest BCUT2D eigenvalue weighted by molar-refractivity contribution is 0.593. The van der Waals surface area contributed by atoms with Crippen molar-refractivity contribution >= 4 is 15.7 Å². The second-order valence-corrected chi connectivity index (χ2v) is 5.35. The number of nitrogens with zero attached hydrogens (tertiary/aromatic N) is 1. The smallest absolute Gasteiger partial charge is 0.249 e. The quantitative estimate of drug-likeness (QED) is 0.872. The highest BCUT2D eigenvalue weighted by molar-refractivity contribution is 7.93. The van der Waals surface area contributed by atoms with Gasteiger partial charge in [0.15, 0.2) is 5.25 Å². The van der Waals surface area contributed by atoms with Gasteiger partial charge in [-0.15, -0.1) is 0 Å². The summed E-state index contributed by atoms with van der Waals surface area (Å²) in [6.07, 6.45) is 0.276. The molecule has 0 aliphatic heterocycles. The molecule has 1 aromatic rings. The number of aryl methyl sites for hydroxylation is 1. The van der Waals surface area contributed by atoms with Gasteiger partial charge in [-0.2, -0.15) is 5.26 Å². The van der Waals surface area contributed by atoms with Crippen LogP contribution in [0.1, 0.15) is 18.9 Å². The number of sulfonamides is 1. The van der Waals surface area contributed by atoms with Crippen molar-refractivity contribution < 1.29 is 8.42 Å². The number of hydrogen-bond acceptors (Lipinski definition) is 3. The van der Waals surface area contributed by atoms with Crippen LogP contribution in [0.3, 0.4) is 0 Å². The number of hydrogen-bond donors (Lipinski definition) is 1. The van der Waals surface area contributed by atoms with Crippen molar-refractivity contribution in [3.63, 3.8) is 0 Å². The Bertz CT molecular complexity index is 503. The van der Waals surface area contributed by atoms with Crippen molar-refractivity contribution in [3.8, 4) is 6.07 Å². The Morgan fingerprint density at radius 2 is 2.06 bits per heavy atom. The lowest BCUT2D eigenvalue weighted by Gasteiger charge is -2.12. The first-order chi connectivity index (χ1) is 7.51. The van der Waals surface area contributed by atoms with E-state index in [1.807, 2.05) is 19.1 Å². The summed E-state index contributed by atoms with van der Waals surface area (Å²) in [7, 11) is -3.61. The maximum Gasteiger partial charge on any atom is 0.249 e. The van der Waals surface area contributed by atoms with Gasteiger partial charge < -0.3 is 0 Å². The lowest BCUT2D eigenvalue weighted by Crippen LogP contribution is -2.26. The van der Waals surface area contributed by atoms with Crippen molar-refractivity contribution in [2.24, 2.45) is 0 Å². The monoisotopic (exact) mass is 238 g/mol. The largest absolute Gasteiger partial charge is 0.282 e. The fourth-order valence-electron chi connectivity index (χ4n) is 1.29. The Hall–Kier alpha value is -1.54. The molecule has 4 nitrogen and oxygen atoms in total. The molecule has 0 aromatic heterocycles. The van der Waals surface area contributed by atoms with Gasteiger partial charge in [0, 0.05) is 0 Å². The summed E-state index contributed by atoms with van der Waals surface area (Å²) >= 11 is 0. The van der Waals surface area contributed by atoms with Crippen molar-refractivity contribution in [2.75, 3.05) is 4.72 Å². The van der Waals surface area contributed by atoms with E-state index in [4.69, 9.17) is 5.26 Å². The lowest BCUT2D eigenvalue weighted by atomic mass is 10.2. The average molecular weight is 238 g/mol. The van der Waals surface area contributed by atoms with Crippen LogP contribution in [0.5, 0.6) is 0 Å². The molecule has 1 atom stereocenters. The zero-order valence-electron chi connectivity index (χ0n) is 9.27. The SMILES string of the molecule is CCC(C#N)S(=O)(=O)Nc1ccccc1C. The molecule has 0 saturated heterocycles. The van der Waals surface area contributed by atoms with Crippen molar-refractivity contribution in [2.45, 2.75) is 25.5 Å². The van der Waals surface area contributed by atoms with Gasteiger partial charge in [0.05, 0.1) is 11.8 Å². The minimum atomic E-state index is -3.61. The zero-order chi connectivity index (χ0) is 12.2. The molecule has 1 aromatic carbocycles. The second kappa shape index (κ2) is 4.99. The van der Waals surface area contributed by atoms with Gasteiger partial charge in [-0.3, -0.25) is 4.72 Å². The van der Waals surface area contributed by atoms with Crippen molar-refractivity contribution in [1.82, 2.24) is 0 Å². The molecule has 5 heteroatoms. The third kappa shape index (κ3) is 2.74. The first kappa shape index (κ1) is 12.5. The molecular formula is C11H14N2O2S. The van der Waals surface area contributed by atoms with E-state index >= 15 is 0 Å². The highest BCUT2D eigenvalue weighted by atomic mass is 32.2. The van der Waals surface area contributed by atoms with Gasteiger partial charge in [0.25, 0.3) is 0 Å². The van der Waals surface area contributed by atoms with E-state index in [0.29, 0.717) is 5.69 Å². The van der Waals surface area contributed by atoms with Crippen LogP contribution in [-0.2, 0) is 10.0 Å². The Labute approximate surface area is 96.0 Å². The van der Waals surface area contributed by atoms with Crippen LogP contribution in [0.25, 0.3) is 0 Å². The third-order valence-corrected chi connectivity index (χ3v) is 3.98. The number of nitrogens with one attached hydrogen (secondary N) is 1. The van der Waals surface area contributed by atoms with Gasteiger partial charge in [-0.05, 0) is 25.0 Å². The topological polar surface area (TPSA) is 70.0 Å². The maximum absolute atomic E-state index is 11.8. The molecule has 1 N–H and O–H groups in total. The summed E-state index contributed by atoms with van der Waals surface area (Å²) in [6.45, 7) is 3.48. The molecule has 1 unspecified atom stereocenters. The van der Waals surface area contributed by atoms with Crippen LogP contribution in [0.15, 0.2) is 24.3 Å². The first-order valence-electron chi connectivity index (χ1n) is 4.98. The van der Waals surface area contributed by atoms with Gasteiger partial charge >= 0.3 is 0 Å². The van der Waals surface area contributed by atoms with Crippen LogP contribution in [-0.4, -0.2) is 13.7 Å². The van der Waals surface area contributed by atoms with E-state index in [2.05, 4.69) is 4.72 Å². The molecule has 0 saturated carbocycles. The van der Waals surface area contributed by atoms with Crippen LogP contribution >= 0.6 is 0 Å². The van der Waals surface area contributed by atoms with Crippen LogP contribution < -0.4 is 4.72 Å². The zero-order valence-corrected chi connectivity index (χ0v) is 10.1. The Balaban J connectivity index is 2.99. The van der Waals surface area contributed by atoms with E-state index in [1.54, 1.807) is 25.1 Å². The Morgan fingerprint density at radius 1 is 1.44 bits per heavy atom. The summed E-state index contributed by atoms with van der Waals surface area (Å²) < 4.78 is 26.0. The Morgan fingerprint density at radius 3 is 2.56 bits per heavy atom. The molecule has 0 aliphatic rings. The summed E-state index contributed by atoms with van der Waals surface area (Å²) in [5.74, 6) is 0. The second-order valence-electron chi connectivity index (χ2n) is 3.49. The predicted molar refractivity (Wildman–Crippen MR) is 63.4 cm³/mol. The van der Waals surface area contributed by atoms with Gasteiger partial charge in [-0.1, -0.05) is 25.1 Å². The first-order valence-corrected chi connectivity index (χ1v) is 6.52. The van der Waals surface area contributed by atoms with E-state index < -0.39 is 15.3 Å². The molecule has 1 rings (SSSR count). The highest BCUT2D eigenvalue weighted by Crippen LogP contribution is 2.17. The summed E-state index contributed by atoms with van der Waals surface area (Å²) in [6, 6.07) is 8.85. The summed E-state index contributed by atoms with van der Waals surface area (Å²) in [5, 5.41) is 7.73. The molecule has 86 valence electrons. The highest BCUT2D eigenvalue weighted by Gasteiger charge is 2.23. The molecule has 0 radical (unpaired) electrons. The predicted octanol–water partition coefficient (Wildman–Crippen LogP) is 2.04. The number of rotatable bonds is 4. The number of benzene rings is 1. The van der Waals surface area contributed by atoms with Gasteiger partial charge in [0.2, 0.25) is 10.0 Å². The molecule has 16 heavy (non-hydrogen) atoms. The van der Waals surface area contributed by atoms with Crippen LogP contribution in [0.2, 0.25) is 0 Å². The fraction of sp³-hybridized carbons (Fsp3) is 0.364. The fourth-order valence-corrected chi connectivity index (χ4v) is 2.55. The van der Waals surface area contributed by atoms with E-state index in [1.165, 1.54) is 0 Å². The molecular weight excluding hydrogens is 224 g/mol. The number of anilines is 1. The number of para-hydroxylation sites is 1. The van der Waals surface area contributed by atoms with Gasteiger partial charge in [0.1, 0.15) is 0 Å². The van der Waals surface area contributed by atoms with Crippen LogP contribution in [0, 0.1) is 18.3 Å². The van der Waals surface area contributed by atoms with Gasteiger partial charge in [-0.25, -0.2) is 8.42 Å². The van der Waals surface area contributed by atoms with Crippen LogP contribution in [0.4, 0.5) is 5.69 Å².